The van der Waals surface area contributed by atoms with Gasteiger partial charge in [0.15, 0.2) is 0 Å². The molecule has 1 N–H and O–H groups in total. The Hall–Kier alpha value is -1.87. The third-order valence-corrected chi connectivity index (χ3v) is 3.22. The number of nitrogens with one attached hydrogen (secondary N) is 1. The quantitative estimate of drug-likeness (QED) is 0.859. The number of anilines is 1. The lowest BCUT2D eigenvalue weighted by Gasteiger charge is -2.21. The molecule has 3 nitrogen and oxygen atoms in total. The molecule has 0 saturated carbocycles. The van der Waals surface area contributed by atoms with E-state index in [4.69, 9.17) is 0 Å². The summed E-state index contributed by atoms with van der Waals surface area (Å²) in [5.41, 5.74) is 2.59. The standard InChI is InChI=1S/C16H21N3/c1-3-19(12-14-8-5-4-6-9-14)13-15-10-7-11-18-16(15)17-2/h4-11H,3,12-13H2,1-2H3,(H,17,18). The zero-order chi connectivity index (χ0) is 13.5. The van der Waals surface area contributed by atoms with Crippen molar-refractivity contribution >= 4 is 5.82 Å². The van der Waals surface area contributed by atoms with Crippen molar-refractivity contribution in [3.8, 4) is 0 Å². The lowest BCUT2D eigenvalue weighted by molar-refractivity contribution is 0.271. The van der Waals surface area contributed by atoms with Gasteiger partial charge in [0.2, 0.25) is 0 Å². The Balaban J connectivity index is 2.07. The largest absolute Gasteiger partial charge is 0.373 e. The molecule has 3 heteroatoms. The van der Waals surface area contributed by atoms with Crippen LogP contribution in [0.15, 0.2) is 48.7 Å². The van der Waals surface area contributed by atoms with Crippen molar-refractivity contribution in [2.75, 3.05) is 18.9 Å². The third-order valence-electron chi connectivity index (χ3n) is 3.22. The number of pyridine rings is 1. The highest BCUT2D eigenvalue weighted by atomic mass is 15.1. The van der Waals surface area contributed by atoms with E-state index in [0.29, 0.717) is 0 Å². The zero-order valence-electron chi connectivity index (χ0n) is 11.6. The van der Waals surface area contributed by atoms with Gasteiger partial charge in [-0.05, 0) is 18.2 Å². The first-order chi connectivity index (χ1) is 9.33. The van der Waals surface area contributed by atoms with Crippen LogP contribution in [0.2, 0.25) is 0 Å². The first-order valence-corrected chi connectivity index (χ1v) is 6.71. The van der Waals surface area contributed by atoms with Gasteiger partial charge in [0.1, 0.15) is 5.82 Å². The summed E-state index contributed by atoms with van der Waals surface area (Å²) in [6.45, 7) is 5.09. The number of hydrogen-bond donors (Lipinski definition) is 1. The van der Waals surface area contributed by atoms with Crippen LogP contribution in [0.4, 0.5) is 5.82 Å². The van der Waals surface area contributed by atoms with Gasteiger partial charge in [0, 0.05) is 31.9 Å². The monoisotopic (exact) mass is 255 g/mol. The molecule has 2 aromatic rings. The Labute approximate surface area is 115 Å². The molecule has 1 heterocycles. The Morgan fingerprint density at radius 2 is 1.84 bits per heavy atom. The molecule has 0 spiro atoms. The van der Waals surface area contributed by atoms with E-state index in [-0.39, 0.29) is 0 Å². The molecule has 0 unspecified atom stereocenters. The predicted octanol–water partition coefficient (Wildman–Crippen LogP) is 3.15. The summed E-state index contributed by atoms with van der Waals surface area (Å²) >= 11 is 0. The SMILES string of the molecule is CCN(Cc1ccccc1)Cc1cccnc1NC. The van der Waals surface area contributed by atoms with Crippen LogP contribution in [-0.2, 0) is 13.1 Å². The van der Waals surface area contributed by atoms with Gasteiger partial charge in [0.05, 0.1) is 0 Å². The maximum absolute atomic E-state index is 4.35. The van der Waals surface area contributed by atoms with E-state index >= 15 is 0 Å². The molecule has 1 aromatic heterocycles. The van der Waals surface area contributed by atoms with E-state index in [9.17, 15) is 0 Å². The molecule has 100 valence electrons. The lowest BCUT2D eigenvalue weighted by Crippen LogP contribution is -2.23. The molecular weight excluding hydrogens is 234 g/mol. The summed E-state index contributed by atoms with van der Waals surface area (Å²) in [4.78, 5) is 6.76. The second kappa shape index (κ2) is 6.90. The Bertz CT molecular complexity index is 496. The van der Waals surface area contributed by atoms with Crippen LogP contribution >= 0.6 is 0 Å². The van der Waals surface area contributed by atoms with Crippen molar-refractivity contribution in [2.45, 2.75) is 20.0 Å². The van der Waals surface area contributed by atoms with Gasteiger partial charge in [-0.15, -0.1) is 0 Å². The van der Waals surface area contributed by atoms with E-state index in [2.05, 4.69) is 58.5 Å². The molecule has 0 aliphatic carbocycles. The highest BCUT2D eigenvalue weighted by molar-refractivity contribution is 5.42. The van der Waals surface area contributed by atoms with Crippen molar-refractivity contribution in [2.24, 2.45) is 0 Å². The summed E-state index contributed by atoms with van der Waals surface area (Å²) < 4.78 is 0. The van der Waals surface area contributed by atoms with Crippen LogP contribution in [0.25, 0.3) is 0 Å². The number of aromatic nitrogens is 1. The normalized spacial score (nSPS) is 10.7. The number of rotatable bonds is 6. The van der Waals surface area contributed by atoms with Gasteiger partial charge in [-0.25, -0.2) is 4.98 Å². The molecule has 0 atom stereocenters. The molecule has 0 radical (unpaired) electrons. The molecule has 0 saturated heterocycles. The number of benzene rings is 1. The van der Waals surface area contributed by atoms with Crippen molar-refractivity contribution < 1.29 is 0 Å². The molecule has 0 amide bonds. The molecule has 0 aliphatic rings. The number of hydrogen-bond acceptors (Lipinski definition) is 3. The van der Waals surface area contributed by atoms with Crippen LogP contribution in [0.5, 0.6) is 0 Å². The lowest BCUT2D eigenvalue weighted by atomic mass is 10.2. The molecule has 2 rings (SSSR count). The van der Waals surface area contributed by atoms with E-state index in [1.54, 1.807) is 0 Å². The Morgan fingerprint density at radius 3 is 2.53 bits per heavy atom. The third kappa shape index (κ3) is 3.80. The Morgan fingerprint density at radius 1 is 1.05 bits per heavy atom. The van der Waals surface area contributed by atoms with E-state index in [1.165, 1.54) is 11.1 Å². The van der Waals surface area contributed by atoms with Gasteiger partial charge in [0.25, 0.3) is 0 Å². The van der Waals surface area contributed by atoms with Gasteiger partial charge in [-0.2, -0.15) is 0 Å². The summed E-state index contributed by atoms with van der Waals surface area (Å²) in [6.07, 6.45) is 1.82. The van der Waals surface area contributed by atoms with Crippen LogP contribution < -0.4 is 5.32 Å². The minimum absolute atomic E-state index is 0.912. The van der Waals surface area contributed by atoms with E-state index in [0.717, 1.165) is 25.5 Å². The maximum atomic E-state index is 4.35. The maximum Gasteiger partial charge on any atom is 0.130 e. The minimum Gasteiger partial charge on any atom is -0.373 e. The molecule has 1 aromatic carbocycles. The summed E-state index contributed by atoms with van der Waals surface area (Å²) in [6, 6.07) is 14.7. The topological polar surface area (TPSA) is 28.2 Å². The van der Waals surface area contributed by atoms with Gasteiger partial charge in [-0.3, -0.25) is 4.90 Å². The molecule has 0 aliphatic heterocycles. The Kier molecular flexibility index (Phi) is 4.93. The van der Waals surface area contributed by atoms with Gasteiger partial charge < -0.3 is 5.32 Å². The second-order valence-corrected chi connectivity index (χ2v) is 4.55. The van der Waals surface area contributed by atoms with Gasteiger partial charge in [-0.1, -0.05) is 43.3 Å². The summed E-state index contributed by atoms with van der Waals surface area (Å²) in [5.74, 6) is 0.967. The molecule has 0 bridgehead atoms. The first-order valence-electron chi connectivity index (χ1n) is 6.71. The van der Waals surface area contributed by atoms with Gasteiger partial charge >= 0.3 is 0 Å². The van der Waals surface area contributed by atoms with Crippen molar-refractivity contribution in [3.63, 3.8) is 0 Å². The fourth-order valence-electron chi connectivity index (χ4n) is 2.15. The molecular formula is C16H21N3. The van der Waals surface area contributed by atoms with Crippen LogP contribution in [-0.4, -0.2) is 23.5 Å². The summed E-state index contributed by atoms with van der Waals surface area (Å²) in [7, 11) is 1.92. The minimum atomic E-state index is 0.912. The highest BCUT2D eigenvalue weighted by Crippen LogP contribution is 2.15. The van der Waals surface area contributed by atoms with Crippen molar-refractivity contribution in [1.29, 1.82) is 0 Å². The van der Waals surface area contributed by atoms with E-state index < -0.39 is 0 Å². The number of nitrogens with zero attached hydrogens (tertiary/aromatic N) is 2. The fraction of sp³-hybridized carbons (Fsp3) is 0.312. The first kappa shape index (κ1) is 13.6. The predicted molar refractivity (Wildman–Crippen MR) is 80.0 cm³/mol. The van der Waals surface area contributed by atoms with Crippen LogP contribution in [0, 0.1) is 0 Å². The smallest absolute Gasteiger partial charge is 0.130 e. The molecule has 0 fully saturated rings. The second-order valence-electron chi connectivity index (χ2n) is 4.55. The van der Waals surface area contributed by atoms with Crippen LogP contribution in [0.3, 0.4) is 0 Å². The van der Waals surface area contributed by atoms with Crippen LogP contribution in [0.1, 0.15) is 18.1 Å². The summed E-state index contributed by atoms with van der Waals surface area (Å²) in [5, 5.41) is 3.15. The highest BCUT2D eigenvalue weighted by Gasteiger charge is 2.08. The zero-order valence-corrected chi connectivity index (χ0v) is 11.6. The fourth-order valence-corrected chi connectivity index (χ4v) is 2.15. The van der Waals surface area contributed by atoms with Crippen molar-refractivity contribution in [1.82, 2.24) is 9.88 Å². The van der Waals surface area contributed by atoms with E-state index in [1.807, 2.05) is 19.3 Å². The average molecular weight is 255 g/mol. The average Bonchev–Trinajstić information content (AvgIpc) is 2.48. The molecule has 19 heavy (non-hydrogen) atoms. The van der Waals surface area contributed by atoms with Crippen molar-refractivity contribution in [3.05, 3.63) is 59.8 Å².